The molecule has 0 N–H and O–H groups in total. The maximum atomic E-state index is 6.34. The average Bonchev–Trinajstić information content (AvgIpc) is 2.61. The fraction of sp³-hybridized carbons (Fsp3) is 0.769. The van der Waals surface area contributed by atoms with E-state index in [1.54, 1.807) is 0 Å². The Bertz CT molecular complexity index is 375. The van der Waals surface area contributed by atoms with Crippen LogP contribution < -0.4 is 0 Å². The Morgan fingerprint density at radius 3 is 2.56 bits per heavy atom. The lowest BCUT2D eigenvalue weighted by molar-refractivity contribution is 0.207. The summed E-state index contributed by atoms with van der Waals surface area (Å²) in [6.45, 7) is 11.1. The van der Waals surface area contributed by atoms with Gasteiger partial charge in [0.25, 0.3) is 0 Å². The average molecular weight is 292 g/mol. The van der Waals surface area contributed by atoms with Crippen LogP contribution in [0.2, 0.25) is 5.02 Å². The zero-order valence-corrected chi connectivity index (χ0v) is 13.2. The lowest BCUT2D eigenvalue weighted by Crippen LogP contribution is -2.32. The minimum atomic E-state index is 0.477. The van der Waals surface area contributed by atoms with Crippen LogP contribution in [0.4, 0.5) is 0 Å². The highest BCUT2D eigenvalue weighted by molar-refractivity contribution is 6.31. The van der Waals surface area contributed by atoms with Gasteiger partial charge in [0.2, 0.25) is 0 Å². The number of hydrogen-bond acceptors (Lipinski definition) is 2. The third-order valence-electron chi connectivity index (χ3n) is 3.11. The third kappa shape index (κ3) is 3.87. The zero-order valence-electron chi connectivity index (χ0n) is 11.7. The monoisotopic (exact) mass is 291 g/mol. The second-order valence-electron chi connectivity index (χ2n) is 4.77. The molecule has 0 aromatic carbocycles. The smallest absolute Gasteiger partial charge is 0.0860 e. The molecule has 0 aliphatic heterocycles. The van der Waals surface area contributed by atoms with Gasteiger partial charge in [0.1, 0.15) is 0 Å². The van der Waals surface area contributed by atoms with E-state index in [9.17, 15) is 0 Å². The molecule has 3 nitrogen and oxygen atoms in total. The molecule has 0 saturated heterocycles. The molecule has 0 unspecified atom stereocenters. The molecule has 0 spiro atoms. The van der Waals surface area contributed by atoms with E-state index >= 15 is 0 Å². The number of nitrogens with zero attached hydrogens (tertiary/aromatic N) is 3. The van der Waals surface area contributed by atoms with Crippen LogP contribution >= 0.6 is 23.2 Å². The molecular weight excluding hydrogens is 269 g/mol. The molecule has 5 heteroatoms. The van der Waals surface area contributed by atoms with Crippen molar-refractivity contribution < 1.29 is 0 Å². The molecule has 0 aliphatic rings. The Morgan fingerprint density at radius 2 is 2.06 bits per heavy atom. The maximum absolute atomic E-state index is 6.34. The summed E-state index contributed by atoms with van der Waals surface area (Å²) in [5.74, 6) is 0.697. The Balaban J connectivity index is 2.85. The minimum Gasteiger partial charge on any atom is -0.295 e. The summed E-state index contributed by atoms with van der Waals surface area (Å²) in [6.07, 6.45) is 0.997. The predicted octanol–water partition coefficient (Wildman–Crippen LogP) is 3.70. The number of hydrogen-bond donors (Lipinski definition) is 0. The van der Waals surface area contributed by atoms with E-state index in [1.165, 1.54) is 0 Å². The van der Waals surface area contributed by atoms with Crippen molar-refractivity contribution in [3.63, 3.8) is 0 Å². The molecule has 1 aromatic rings. The second-order valence-corrected chi connectivity index (χ2v) is 5.52. The van der Waals surface area contributed by atoms with Gasteiger partial charge in [-0.1, -0.05) is 11.6 Å². The van der Waals surface area contributed by atoms with Crippen LogP contribution in [0, 0.1) is 6.92 Å². The molecule has 104 valence electrons. The highest BCUT2D eigenvalue weighted by atomic mass is 35.5. The third-order valence-corrected chi connectivity index (χ3v) is 3.87. The Hall–Kier alpha value is -0.250. The van der Waals surface area contributed by atoms with E-state index in [0.29, 0.717) is 11.9 Å². The molecule has 0 atom stereocenters. The summed E-state index contributed by atoms with van der Waals surface area (Å²) < 4.78 is 1.99. The maximum Gasteiger partial charge on any atom is 0.0860 e. The first-order valence-electron chi connectivity index (χ1n) is 6.53. The second kappa shape index (κ2) is 7.37. The molecular formula is C13H23Cl2N3. The Labute approximate surface area is 120 Å². The SMILES string of the molecule is CCn1nc(C)c(Cl)c1CN(CCCCl)C(C)C. The Kier molecular flexibility index (Phi) is 6.47. The van der Waals surface area contributed by atoms with Gasteiger partial charge in [-0.05, 0) is 40.7 Å². The predicted molar refractivity (Wildman–Crippen MR) is 78.5 cm³/mol. The lowest BCUT2D eigenvalue weighted by Gasteiger charge is -2.26. The van der Waals surface area contributed by atoms with Gasteiger partial charge in [0.15, 0.2) is 0 Å². The standard InChI is InChI=1S/C13H23Cl2N3/c1-5-18-12(13(15)11(4)16-18)9-17(10(2)3)8-6-7-14/h10H,5-9H2,1-4H3. The largest absolute Gasteiger partial charge is 0.295 e. The van der Waals surface area contributed by atoms with Gasteiger partial charge in [0.05, 0.1) is 16.4 Å². The van der Waals surface area contributed by atoms with E-state index < -0.39 is 0 Å². The normalized spacial score (nSPS) is 11.8. The van der Waals surface area contributed by atoms with Gasteiger partial charge in [-0.3, -0.25) is 9.58 Å². The molecule has 0 radical (unpaired) electrons. The van der Waals surface area contributed by atoms with E-state index in [-0.39, 0.29) is 0 Å². The number of aromatic nitrogens is 2. The van der Waals surface area contributed by atoms with Gasteiger partial charge < -0.3 is 0 Å². The first-order valence-corrected chi connectivity index (χ1v) is 7.44. The van der Waals surface area contributed by atoms with Crippen LogP contribution in [-0.4, -0.2) is 33.1 Å². The van der Waals surface area contributed by atoms with Gasteiger partial charge in [-0.2, -0.15) is 5.10 Å². The fourth-order valence-corrected chi connectivity index (χ4v) is 2.31. The summed E-state index contributed by atoms with van der Waals surface area (Å²) in [6, 6.07) is 0.477. The number of alkyl halides is 1. The van der Waals surface area contributed by atoms with E-state index in [0.717, 1.165) is 42.5 Å². The van der Waals surface area contributed by atoms with Crippen LogP contribution in [0.15, 0.2) is 0 Å². The first-order chi connectivity index (χ1) is 8.51. The summed E-state index contributed by atoms with van der Waals surface area (Å²) >= 11 is 12.1. The van der Waals surface area contributed by atoms with E-state index in [4.69, 9.17) is 23.2 Å². The van der Waals surface area contributed by atoms with Crippen LogP contribution in [0.3, 0.4) is 0 Å². The number of halogens is 2. The summed E-state index contributed by atoms with van der Waals surface area (Å²) in [5.41, 5.74) is 2.02. The summed E-state index contributed by atoms with van der Waals surface area (Å²) in [7, 11) is 0. The zero-order chi connectivity index (χ0) is 13.7. The molecule has 1 aromatic heterocycles. The van der Waals surface area contributed by atoms with Crippen molar-refractivity contribution in [3.8, 4) is 0 Å². The molecule has 0 saturated carbocycles. The van der Waals surface area contributed by atoms with Crippen LogP contribution in [-0.2, 0) is 13.1 Å². The molecule has 0 bridgehead atoms. The van der Waals surface area contributed by atoms with Crippen molar-refractivity contribution in [1.29, 1.82) is 0 Å². The molecule has 1 heterocycles. The molecule has 0 fully saturated rings. The lowest BCUT2D eigenvalue weighted by atomic mass is 10.2. The van der Waals surface area contributed by atoms with Crippen molar-refractivity contribution in [1.82, 2.24) is 14.7 Å². The summed E-state index contributed by atoms with van der Waals surface area (Å²) in [5, 5.41) is 5.25. The van der Waals surface area contributed by atoms with Crippen molar-refractivity contribution in [2.45, 2.75) is 53.2 Å². The minimum absolute atomic E-state index is 0.477. The van der Waals surface area contributed by atoms with Crippen molar-refractivity contribution in [2.75, 3.05) is 12.4 Å². The topological polar surface area (TPSA) is 21.1 Å². The van der Waals surface area contributed by atoms with Crippen LogP contribution in [0.1, 0.15) is 38.6 Å². The van der Waals surface area contributed by atoms with Crippen LogP contribution in [0.5, 0.6) is 0 Å². The fourth-order valence-electron chi connectivity index (χ4n) is 2.00. The molecule has 0 amide bonds. The molecule has 0 aliphatic carbocycles. The van der Waals surface area contributed by atoms with E-state index in [2.05, 4.69) is 30.8 Å². The van der Waals surface area contributed by atoms with Gasteiger partial charge >= 0.3 is 0 Å². The molecule has 1 rings (SSSR count). The van der Waals surface area contributed by atoms with E-state index in [1.807, 2.05) is 11.6 Å². The number of aryl methyl sites for hydroxylation is 2. The van der Waals surface area contributed by atoms with Gasteiger partial charge in [-0.25, -0.2) is 0 Å². The molecule has 18 heavy (non-hydrogen) atoms. The Morgan fingerprint density at radius 1 is 1.39 bits per heavy atom. The quantitative estimate of drug-likeness (QED) is 0.714. The summed E-state index contributed by atoms with van der Waals surface area (Å²) in [4.78, 5) is 2.39. The number of rotatable bonds is 7. The van der Waals surface area contributed by atoms with Crippen molar-refractivity contribution in [3.05, 3.63) is 16.4 Å². The van der Waals surface area contributed by atoms with Gasteiger partial charge in [-0.15, -0.1) is 11.6 Å². The van der Waals surface area contributed by atoms with Crippen molar-refractivity contribution in [2.24, 2.45) is 0 Å². The van der Waals surface area contributed by atoms with Crippen LogP contribution in [0.25, 0.3) is 0 Å². The van der Waals surface area contributed by atoms with Gasteiger partial charge in [0, 0.05) is 25.0 Å². The highest BCUT2D eigenvalue weighted by Gasteiger charge is 2.17. The first kappa shape index (κ1) is 15.8. The highest BCUT2D eigenvalue weighted by Crippen LogP contribution is 2.22. The van der Waals surface area contributed by atoms with Crippen molar-refractivity contribution >= 4 is 23.2 Å².